The summed E-state index contributed by atoms with van der Waals surface area (Å²) in [5.74, 6) is 0. The number of hydrogen-bond donors (Lipinski definition) is 2. The molecule has 0 aliphatic rings. The fourth-order valence-corrected chi connectivity index (χ4v) is 0.707. The standard InChI is InChI=1S/C6H6BNO3/c9-7(10)5-1-3-6(8-11)4-2-5/h1-4,9-10H. The second kappa shape index (κ2) is 3.27. The molecule has 1 aromatic rings. The van der Waals surface area contributed by atoms with Crippen LogP contribution in [0, 0.1) is 4.91 Å². The summed E-state index contributed by atoms with van der Waals surface area (Å²) in [6.07, 6.45) is 0. The van der Waals surface area contributed by atoms with Crippen molar-refractivity contribution in [1.82, 2.24) is 0 Å². The van der Waals surface area contributed by atoms with Crippen LogP contribution < -0.4 is 5.46 Å². The van der Waals surface area contributed by atoms with Gasteiger partial charge in [-0.15, -0.1) is 4.91 Å². The first-order valence-electron chi connectivity index (χ1n) is 3.03. The van der Waals surface area contributed by atoms with Crippen molar-refractivity contribution in [2.24, 2.45) is 5.18 Å². The van der Waals surface area contributed by atoms with Crippen LogP contribution in [0.15, 0.2) is 29.4 Å². The van der Waals surface area contributed by atoms with Crippen LogP contribution in [0.3, 0.4) is 0 Å². The van der Waals surface area contributed by atoms with Gasteiger partial charge in [0.2, 0.25) is 0 Å². The molecule has 0 heterocycles. The van der Waals surface area contributed by atoms with Gasteiger partial charge in [-0.1, -0.05) is 12.1 Å². The van der Waals surface area contributed by atoms with E-state index in [1.165, 1.54) is 24.3 Å². The van der Waals surface area contributed by atoms with Gasteiger partial charge in [-0.05, 0) is 22.8 Å². The van der Waals surface area contributed by atoms with Gasteiger partial charge in [0.25, 0.3) is 0 Å². The maximum atomic E-state index is 9.91. The lowest BCUT2D eigenvalue weighted by atomic mass is 9.80. The number of benzene rings is 1. The molecule has 1 aromatic carbocycles. The fraction of sp³-hybridized carbons (Fsp3) is 0. The zero-order valence-corrected chi connectivity index (χ0v) is 5.64. The second-order valence-electron chi connectivity index (χ2n) is 2.06. The molecule has 0 fully saturated rings. The Hall–Kier alpha value is -1.20. The second-order valence-corrected chi connectivity index (χ2v) is 2.06. The van der Waals surface area contributed by atoms with Crippen molar-refractivity contribution in [2.75, 3.05) is 0 Å². The van der Waals surface area contributed by atoms with Crippen molar-refractivity contribution >= 4 is 18.3 Å². The minimum atomic E-state index is -1.49. The summed E-state index contributed by atoms with van der Waals surface area (Å²) in [7, 11) is -1.49. The van der Waals surface area contributed by atoms with E-state index in [0.29, 0.717) is 5.46 Å². The molecule has 0 atom stereocenters. The van der Waals surface area contributed by atoms with Crippen molar-refractivity contribution in [3.05, 3.63) is 29.2 Å². The molecule has 0 unspecified atom stereocenters. The molecule has 0 aromatic heterocycles. The summed E-state index contributed by atoms with van der Waals surface area (Å²) in [6.45, 7) is 0. The molecule has 5 heteroatoms. The quantitative estimate of drug-likeness (QED) is 0.452. The molecule has 0 spiro atoms. The minimum Gasteiger partial charge on any atom is -0.423 e. The third-order valence-corrected chi connectivity index (χ3v) is 1.30. The molecule has 56 valence electrons. The van der Waals surface area contributed by atoms with Crippen LogP contribution in [-0.2, 0) is 0 Å². The minimum absolute atomic E-state index is 0.273. The van der Waals surface area contributed by atoms with Crippen molar-refractivity contribution < 1.29 is 10.0 Å². The lowest BCUT2D eigenvalue weighted by Gasteiger charge is -1.96. The van der Waals surface area contributed by atoms with E-state index in [2.05, 4.69) is 5.18 Å². The molecule has 1 rings (SSSR count). The van der Waals surface area contributed by atoms with Gasteiger partial charge in [-0.25, -0.2) is 0 Å². The van der Waals surface area contributed by atoms with Crippen molar-refractivity contribution in [1.29, 1.82) is 0 Å². The largest absolute Gasteiger partial charge is 0.488 e. The summed E-state index contributed by atoms with van der Waals surface area (Å²) in [6, 6.07) is 5.70. The lowest BCUT2D eigenvalue weighted by molar-refractivity contribution is 0.426. The zero-order chi connectivity index (χ0) is 8.27. The summed E-state index contributed by atoms with van der Waals surface area (Å²) in [5, 5.41) is 19.9. The Bertz CT molecular complexity index is 247. The number of hydrogen-bond acceptors (Lipinski definition) is 4. The molecule has 0 saturated heterocycles. The number of nitrogens with zero attached hydrogens (tertiary/aromatic N) is 1. The summed E-state index contributed by atoms with van der Waals surface area (Å²) in [5.41, 5.74) is 0.617. The van der Waals surface area contributed by atoms with E-state index < -0.39 is 7.12 Å². The highest BCUT2D eigenvalue weighted by Crippen LogP contribution is 2.06. The molecule has 2 N–H and O–H groups in total. The van der Waals surface area contributed by atoms with E-state index in [0.717, 1.165) is 0 Å². The van der Waals surface area contributed by atoms with Gasteiger partial charge in [-0.2, -0.15) is 0 Å². The van der Waals surface area contributed by atoms with E-state index >= 15 is 0 Å². The van der Waals surface area contributed by atoms with Gasteiger partial charge in [0, 0.05) is 0 Å². The Morgan fingerprint density at radius 2 is 1.73 bits per heavy atom. The first kappa shape index (κ1) is 7.91. The summed E-state index contributed by atoms with van der Waals surface area (Å²) >= 11 is 0. The molecular formula is C6H6BNO3. The normalized spacial score (nSPS) is 9.27. The molecule has 0 radical (unpaired) electrons. The molecule has 0 aliphatic heterocycles. The Labute approximate surface area is 63.6 Å². The highest BCUT2D eigenvalue weighted by atomic mass is 16.4. The number of rotatable bonds is 2. The lowest BCUT2D eigenvalue weighted by Crippen LogP contribution is -2.29. The average Bonchev–Trinajstić information content (AvgIpc) is 2.05. The van der Waals surface area contributed by atoms with Gasteiger partial charge < -0.3 is 10.0 Å². The SMILES string of the molecule is O=Nc1ccc(B(O)O)cc1. The highest BCUT2D eigenvalue weighted by Gasteiger charge is 2.09. The molecule has 0 amide bonds. The van der Waals surface area contributed by atoms with Crippen LogP contribution in [0.25, 0.3) is 0 Å². The topological polar surface area (TPSA) is 69.9 Å². The predicted molar refractivity (Wildman–Crippen MR) is 41.7 cm³/mol. The van der Waals surface area contributed by atoms with Crippen LogP contribution >= 0.6 is 0 Å². The van der Waals surface area contributed by atoms with Gasteiger partial charge in [0.05, 0.1) is 0 Å². The predicted octanol–water partition coefficient (Wildman–Crippen LogP) is -0.236. The first-order chi connectivity index (χ1) is 5.24. The average molecular weight is 151 g/mol. The summed E-state index contributed by atoms with van der Waals surface area (Å²) in [4.78, 5) is 9.91. The smallest absolute Gasteiger partial charge is 0.423 e. The van der Waals surface area contributed by atoms with Crippen molar-refractivity contribution in [3.8, 4) is 0 Å². The summed E-state index contributed by atoms with van der Waals surface area (Å²) < 4.78 is 0. The maximum absolute atomic E-state index is 9.91. The van der Waals surface area contributed by atoms with E-state index in [1.807, 2.05) is 0 Å². The Morgan fingerprint density at radius 3 is 2.09 bits per heavy atom. The number of nitroso groups, excluding NO2 is 1. The fourth-order valence-electron chi connectivity index (χ4n) is 0.707. The van der Waals surface area contributed by atoms with E-state index in [9.17, 15) is 4.91 Å². The van der Waals surface area contributed by atoms with E-state index in [-0.39, 0.29) is 5.69 Å². The van der Waals surface area contributed by atoms with E-state index in [1.54, 1.807) is 0 Å². The van der Waals surface area contributed by atoms with Gasteiger partial charge in [-0.3, -0.25) is 0 Å². The highest BCUT2D eigenvalue weighted by molar-refractivity contribution is 6.58. The van der Waals surface area contributed by atoms with Gasteiger partial charge >= 0.3 is 7.12 Å². The maximum Gasteiger partial charge on any atom is 0.488 e. The third-order valence-electron chi connectivity index (χ3n) is 1.30. The van der Waals surface area contributed by atoms with Crippen LogP contribution in [0.4, 0.5) is 5.69 Å². The van der Waals surface area contributed by atoms with Gasteiger partial charge in [0.15, 0.2) is 0 Å². The Balaban J connectivity index is 2.91. The molecule has 11 heavy (non-hydrogen) atoms. The Morgan fingerprint density at radius 1 is 1.18 bits per heavy atom. The first-order valence-corrected chi connectivity index (χ1v) is 3.03. The molecular weight excluding hydrogens is 145 g/mol. The molecule has 4 nitrogen and oxygen atoms in total. The van der Waals surface area contributed by atoms with Crippen LogP contribution in [-0.4, -0.2) is 17.2 Å². The van der Waals surface area contributed by atoms with Crippen LogP contribution in [0.5, 0.6) is 0 Å². The van der Waals surface area contributed by atoms with E-state index in [4.69, 9.17) is 10.0 Å². The molecule has 0 bridgehead atoms. The van der Waals surface area contributed by atoms with Gasteiger partial charge in [0.1, 0.15) is 5.69 Å². The zero-order valence-electron chi connectivity index (χ0n) is 5.64. The van der Waals surface area contributed by atoms with Crippen molar-refractivity contribution in [2.45, 2.75) is 0 Å². The van der Waals surface area contributed by atoms with Crippen molar-refractivity contribution in [3.63, 3.8) is 0 Å². The monoisotopic (exact) mass is 151 g/mol. The Kier molecular flexibility index (Phi) is 2.35. The molecule has 0 aliphatic carbocycles. The van der Waals surface area contributed by atoms with Crippen LogP contribution in [0.1, 0.15) is 0 Å². The third kappa shape index (κ3) is 1.86. The molecule has 0 saturated carbocycles. The van der Waals surface area contributed by atoms with Crippen LogP contribution in [0.2, 0.25) is 0 Å².